The number of carbonyl (C=O) groups is 1. The Balaban J connectivity index is 1.21. The van der Waals surface area contributed by atoms with E-state index in [0.29, 0.717) is 12.6 Å². The number of aromatic nitrogens is 2. The van der Waals surface area contributed by atoms with Gasteiger partial charge < -0.3 is 14.5 Å². The standard InChI is InChI=1S/C25H32FN5O2/c1-3-33-24(32)31-16-25(17-31)7-6-20(13-25)29-8-10-30(11-9-29)22-12-19(26)15-28-23(22)21-5-4-18(2)14-27-21/h4-5,12,14-15,20H,3,6-11,13,16-17H2,1-2H3/t20-/m1/s1. The van der Waals surface area contributed by atoms with Crippen LogP contribution in [0.15, 0.2) is 30.6 Å². The molecule has 7 nitrogen and oxygen atoms in total. The van der Waals surface area contributed by atoms with E-state index in [1.165, 1.54) is 19.0 Å². The molecule has 1 amide bonds. The van der Waals surface area contributed by atoms with E-state index in [1.54, 1.807) is 6.07 Å². The second-order valence-electron chi connectivity index (χ2n) is 9.72. The lowest BCUT2D eigenvalue weighted by molar-refractivity contribution is -0.00294. The summed E-state index contributed by atoms with van der Waals surface area (Å²) in [5.41, 5.74) is 3.68. The minimum atomic E-state index is -0.322. The zero-order chi connectivity index (χ0) is 23.0. The molecular weight excluding hydrogens is 421 g/mol. The highest BCUT2D eigenvalue weighted by molar-refractivity contribution is 5.73. The quantitative estimate of drug-likeness (QED) is 0.703. The highest BCUT2D eigenvalue weighted by Gasteiger charge is 2.51. The molecule has 2 saturated heterocycles. The van der Waals surface area contributed by atoms with Crippen LogP contribution in [0, 0.1) is 18.2 Å². The number of hydrogen-bond acceptors (Lipinski definition) is 6. The fourth-order valence-electron chi connectivity index (χ4n) is 5.69. The lowest BCUT2D eigenvalue weighted by Gasteiger charge is -2.48. The van der Waals surface area contributed by atoms with Crippen LogP contribution in [-0.4, -0.2) is 77.8 Å². The van der Waals surface area contributed by atoms with Crippen molar-refractivity contribution in [1.82, 2.24) is 19.8 Å². The van der Waals surface area contributed by atoms with E-state index in [9.17, 15) is 9.18 Å². The van der Waals surface area contributed by atoms with Gasteiger partial charge in [0.05, 0.1) is 24.2 Å². The summed E-state index contributed by atoms with van der Waals surface area (Å²) in [6, 6.07) is 6.10. The van der Waals surface area contributed by atoms with Gasteiger partial charge in [-0.1, -0.05) is 6.07 Å². The van der Waals surface area contributed by atoms with Crippen LogP contribution in [0.4, 0.5) is 14.9 Å². The number of likely N-dealkylation sites (tertiary alicyclic amines) is 1. The minimum Gasteiger partial charge on any atom is -0.450 e. The third-order valence-electron chi connectivity index (χ3n) is 7.41. The van der Waals surface area contributed by atoms with Crippen molar-refractivity contribution in [3.05, 3.63) is 42.0 Å². The van der Waals surface area contributed by atoms with Gasteiger partial charge in [-0.25, -0.2) is 14.2 Å². The average Bonchev–Trinajstić information content (AvgIpc) is 3.25. The second kappa shape index (κ2) is 8.89. The van der Waals surface area contributed by atoms with Gasteiger partial charge in [0.1, 0.15) is 11.5 Å². The number of ether oxygens (including phenoxy) is 1. The monoisotopic (exact) mass is 453 g/mol. The largest absolute Gasteiger partial charge is 0.450 e. The van der Waals surface area contributed by atoms with E-state index in [2.05, 4.69) is 19.8 Å². The highest BCUT2D eigenvalue weighted by atomic mass is 19.1. The van der Waals surface area contributed by atoms with Crippen molar-refractivity contribution >= 4 is 11.8 Å². The molecule has 33 heavy (non-hydrogen) atoms. The number of rotatable bonds is 4. The van der Waals surface area contributed by atoms with Gasteiger partial charge in [0.25, 0.3) is 0 Å². The number of aryl methyl sites for hydroxylation is 1. The summed E-state index contributed by atoms with van der Waals surface area (Å²) in [5, 5.41) is 0. The molecule has 0 N–H and O–H groups in total. The summed E-state index contributed by atoms with van der Waals surface area (Å²) in [6.45, 7) is 9.48. The lowest BCUT2D eigenvalue weighted by atomic mass is 9.78. The van der Waals surface area contributed by atoms with E-state index < -0.39 is 0 Å². The zero-order valence-corrected chi connectivity index (χ0v) is 19.5. The Bertz CT molecular complexity index is 1000. The normalized spacial score (nSPS) is 22.5. The Morgan fingerprint density at radius 1 is 1.18 bits per heavy atom. The molecule has 8 heteroatoms. The molecule has 2 aromatic rings. The Hall–Kier alpha value is -2.74. The number of halogens is 1. The smallest absolute Gasteiger partial charge is 0.409 e. The van der Waals surface area contributed by atoms with E-state index in [1.807, 2.05) is 37.1 Å². The summed E-state index contributed by atoms with van der Waals surface area (Å²) in [6.07, 6.45) is 6.40. The maximum Gasteiger partial charge on any atom is 0.409 e. The van der Waals surface area contributed by atoms with Crippen molar-refractivity contribution in [1.29, 1.82) is 0 Å². The van der Waals surface area contributed by atoms with Crippen molar-refractivity contribution in [2.75, 3.05) is 50.8 Å². The van der Waals surface area contributed by atoms with Crippen molar-refractivity contribution in [2.24, 2.45) is 5.41 Å². The topological polar surface area (TPSA) is 61.8 Å². The van der Waals surface area contributed by atoms with Gasteiger partial charge in [0, 0.05) is 63.0 Å². The molecule has 3 aliphatic rings. The van der Waals surface area contributed by atoms with E-state index in [-0.39, 0.29) is 17.3 Å². The second-order valence-corrected chi connectivity index (χ2v) is 9.72. The van der Waals surface area contributed by atoms with Crippen LogP contribution in [0.5, 0.6) is 0 Å². The number of carbonyl (C=O) groups excluding carboxylic acids is 1. The van der Waals surface area contributed by atoms with Crippen LogP contribution in [0.1, 0.15) is 31.7 Å². The Morgan fingerprint density at radius 3 is 2.67 bits per heavy atom. The summed E-state index contributed by atoms with van der Waals surface area (Å²) < 4.78 is 19.3. The molecule has 176 valence electrons. The zero-order valence-electron chi connectivity index (χ0n) is 19.5. The Kier molecular flexibility index (Phi) is 5.95. The Morgan fingerprint density at radius 2 is 1.97 bits per heavy atom. The van der Waals surface area contributed by atoms with Crippen molar-refractivity contribution in [3.63, 3.8) is 0 Å². The van der Waals surface area contributed by atoms with E-state index >= 15 is 0 Å². The summed E-state index contributed by atoms with van der Waals surface area (Å²) >= 11 is 0. The number of piperazine rings is 1. The molecule has 0 bridgehead atoms. The molecule has 0 aromatic carbocycles. The van der Waals surface area contributed by atoms with Crippen LogP contribution in [-0.2, 0) is 4.74 Å². The van der Waals surface area contributed by atoms with Gasteiger partial charge in [-0.2, -0.15) is 0 Å². The fourth-order valence-corrected chi connectivity index (χ4v) is 5.69. The van der Waals surface area contributed by atoms with Crippen molar-refractivity contribution < 1.29 is 13.9 Å². The van der Waals surface area contributed by atoms with Crippen LogP contribution < -0.4 is 4.90 Å². The molecule has 1 spiro atoms. The summed E-state index contributed by atoms with van der Waals surface area (Å²) in [7, 11) is 0. The molecule has 3 fully saturated rings. The minimum absolute atomic E-state index is 0.178. The Labute approximate surface area is 194 Å². The molecule has 1 saturated carbocycles. The maximum atomic E-state index is 14.1. The first kappa shape index (κ1) is 22.1. The molecule has 0 unspecified atom stereocenters. The molecule has 4 heterocycles. The molecule has 2 aliphatic heterocycles. The molecule has 0 radical (unpaired) electrons. The van der Waals surface area contributed by atoms with Gasteiger partial charge in [0.2, 0.25) is 0 Å². The number of hydrogen-bond donors (Lipinski definition) is 0. The molecule has 1 atom stereocenters. The van der Waals surface area contributed by atoms with E-state index in [4.69, 9.17) is 4.74 Å². The van der Waals surface area contributed by atoms with Crippen LogP contribution in [0.3, 0.4) is 0 Å². The number of nitrogens with zero attached hydrogens (tertiary/aromatic N) is 5. The van der Waals surface area contributed by atoms with E-state index in [0.717, 1.165) is 68.3 Å². The van der Waals surface area contributed by atoms with Crippen LogP contribution >= 0.6 is 0 Å². The first-order chi connectivity index (χ1) is 16.0. The maximum absolute atomic E-state index is 14.1. The summed E-state index contributed by atoms with van der Waals surface area (Å²) in [4.78, 5) is 27.5. The van der Waals surface area contributed by atoms with Crippen molar-refractivity contribution in [2.45, 2.75) is 39.2 Å². The van der Waals surface area contributed by atoms with Crippen LogP contribution in [0.25, 0.3) is 11.4 Å². The van der Waals surface area contributed by atoms with Gasteiger partial charge in [-0.15, -0.1) is 0 Å². The third kappa shape index (κ3) is 4.40. The molecule has 1 aliphatic carbocycles. The van der Waals surface area contributed by atoms with Crippen LogP contribution in [0.2, 0.25) is 0 Å². The number of anilines is 1. The first-order valence-electron chi connectivity index (χ1n) is 12.0. The fraction of sp³-hybridized carbons (Fsp3) is 0.560. The molecule has 5 rings (SSSR count). The predicted octanol–water partition coefficient (Wildman–Crippen LogP) is 3.72. The highest BCUT2D eigenvalue weighted by Crippen LogP contribution is 2.47. The number of pyridine rings is 2. The first-order valence-corrected chi connectivity index (χ1v) is 12.0. The molecule has 2 aromatic heterocycles. The lowest BCUT2D eigenvalue weighted by Crippen LogP contribution is -2.58. The number of amides is 1. The SMILES string of the molecule is CCOC(=O)N1CC2(CC[C@@H](N3CCN(c4cc(F)cnc4-c4ccc(C)cn4)CC3)C2)C1. The van der Waals surface area contributed by atoms with Gasteiger partial charge >= 0.3 is 6.09 Å². The van der Waals surface area contributed by atoms with Gasteiger partial charge in [-0.3, -0.25) is 9.88 Å². The third-order valence-corrected chi connectivity index (χ3v) is 7.41. The van der Waals surface area contributed by atoms with Gasteiger partial charge in [-0.05, 0) is 44.7 Å². The molecular formula is C25H32FN5O2. The van der Waals surface area contributed by atoms with Gasteiger partial charge in [0.15, 0.2) is 0 Å². The van der Waals surface area contributed by atoms with Crippen molar-refractivity contribution in [3.8, 4) is 11.4 Å². The predicted molar refractivity (Wildman–Crippen MR) is 125 cm³/mol. The average molecular weight is 454 g/mol. The summed E-state index contributed by atoms with van der Waals surface area (Å²) in [5.74, 6) is -0.322.